The van der Waals surface area contributed by atoms with Crippen molar-refractivity contribution < 1.29 is 13.9 Å². The lowest BCUT2D eigenvalue weighted by Gasteiger charge is -2.11. The zero-order chi connectivity index (χ0) is 22.7. The lowest BCUT2D eigenvalue weighted by molar-refractivity contribution is 0.0698. The summed E-state index contributed by atoms with van der Waals surface area (Å²) >= 11 is 0. The van der Waals surface area contributed by atoms with Crippen LogP contribution in [0.2, 0.25) is 0 Å². The first-order valence-electron chi connectivity index (χ1n) is 10.1. The lowest BCUT2D eigenvalue weighted by atomic mass is 9.93. The number of guanidine groups is 1. The standard InChI is InChI=1S/C24H21N5O3/c1-14-21-19(28-29-24(26)27)3-2-4-20(21)32-22(14)23(30)31-18-11-9-17(10-12-18)16-7-5-15(13-25)6-8-16/h5-12H,2-4H2,1H3,(H4,26,27,29)/b28-19+. The molecule has 0 spiro atoms. The molecule has 0 atom stereocenters. The van der Waals surface area contributed by atoms with Gasteiger partial charge in [-0.15, -0.1) is 5.10 Å². The molecule has 32 heavy (non-hydrogen) atoms. The summed E-state index contributed by atoms with van der Waals surface area (Å²) in [4.78, 5) is 12.8. The number of esters is 1. The summed E-state index contributed by atoms with van der Waals surface area (Å²) in [6, 6.07) is 16.5. The predicted octanol–water partition coefficient (Wildman–Crippen LogP) is 3.66. The van der Waals surface area contributed by atoms with Crippen LogP contribution in [0.1, 0.15) is 45.8 Å². The molecule has 2 aromatic carbocycles. The first-order valence-corrected chi connectivity index (χ1v) is 10.1. The number of nitriles is 1. The quantitative estimate of drug-likeness (QED) is 0.214. The van der Waals surface area contributed by atoms with E-state index in [1.807, 2.05) is 24.3 Å². The first-order chi connectivity index (χ1) is 15.5. The van der Waals surface area contributed by atoms with Crippen molar-refractivity contribution in [2.45, 2.75) is 26.2 Å². The van der Waals surface area contributed by atoms with E-state index in [4.69, 9.17) is 25.9 Å². The van der Waals surface area contributed by atoms with E-state index in [9.17, 15) is 4.79 Å². The van der Waals surface area contributed by atoms with E-state index in [-0.39, 0.29) is 11.7 Å². The van der Waals surface area contributed by atoms with Gasteiger partial charge in [0.25, 0.3) is 0 Å². The van der Waals surface area contributed by atoms with Crippen LogP contribution in [-0.2, 0) is 6.42 Å². The number of furan rings is 1. The van der Waals surface area contributed by atoms with Gasteiger partial charge in [-0.2, -0.15) is 10.4 Å². The number of hydrogen-bond donors (Lipinski definition) is 2. The van der Waals surface area contributed by atoms with E-state index in [2.05, 4.69) is 16.3 Å². The Morgan fingerprint density at radius 1 is 1.06 bits per heavy atom. The smallest absolute Gasteiger partial charge is 0.379 e. The topological polar surface area (TPSA) is 140 Å². The third kappa shape index (κ3) is 4.23. The highest BCUT2D eigenvalue weighted by Gasteiger charge is 2.29. The SMILES string of the molecule is Cc1c(C(=O)Oc2ccc(-c3ccc(C#N)cc3)cc2)oc2c1/C(=N/N=C(N)N)CCC2. The Morgan fingerprint density at radius 3 is 2.34 bits per heavy atom. The van der Waals surface area contributed by atoms with Gasteiger partial charge in [0.1, 0.15) is 11.5 Å². The number of carbonyl (C=O) groups is 1. The largest absolute Gasteiger partial charge is 0.453 e. The predicted molar refractivity (Wildman–Crippen MR) is 120 cm³/mol. The molecular formula is C24H21N5O3. The van der Waals surface area contributed by atoms with Crippen LogP contribution in [0, 0.1) is 18.3 Å². The number of nitrogens with zero attached hydrogens (tertiary/aromatic N) is 3. The second-order valence-corrected chi connectivity index (χ2v) is 7.38. The molecule has 3 aromatic rings. The normalized spacial score (nSPS) is 13.8. The highest BCUT2D eigenvalue weighted by molar-refractivity contribution is 6.06. The van der Waals surface area contributed by atoms with Crippen molar-refractivity contribution in [3.8, 4) is 22.9 Å². The maximum atomic E-state index is 12.8. The molecule has 1 aromatic heterocycles. The Labute approximate surface area is 184 Å². The molecule has 160 valence electrons. The Bertz CT molecular complexity index is 1260. The molecule has 0 saturated heterocycles. The average Bonchev–Trinajstić information content (AvgIpc) is 3.15. The second-order valence-electron chi connectivity index (χ2n) is 7.38. The molecule has 0 fully saturated rings. The molecule has 1 heterocycles. The number of carbonyl (C=O) groups excluding carboxylic acids is 1. The number of ether oxygens (including phenoxy) is 1. The zero-order valence-electron chi connectivity index (χ0n) is 17.5. The van der Waals surface area contributed by atoms with Crippen molar-refractivity contribution in [2.75, 3.05) is 0 Å². The summed E-state index contributed by atoms with van der Waals surface area (Å²) in [6.07, 6.45) is 2.21. The van der Waals surface area contributed by atoms with Gasteiger partial charge in [-0.3, -0.25) is 0 Å². The molecule has 0 amide bonds. The Morgan fingerprint density at radius 2 is 1.72 bits per heavy atom. The molecule has 4 N–H and O–H groups in total. The Balaban J connectivity index is 1.54. The van der Waals surface area contributed by atoms with E-state index in [1.54, 1.807) is 31.2 Å². The number of aryl methyl sites for hydroxylation is 1. The highest BCUT2D eigenvalue weighted by Crippen LogP contribution is 2.31. The highest BCUT2D eigenvalue weighted by atomic mass is 16.5. The van der Waals surface area contributed by atoms with E-state index in [1.165, 1.54) is 0 Å². The minimum Gasteiger partial charge on any atom is -0.453 e. The fourth-order valence-electron chi connectivity index (χ4n) is 3.69. The summed E-state index contributed by atoms with van der Waals surface area (Å²) in [5.41, 5.74) is 15.4. The molecule has 8 nitrogen and oxygen atoms in total. The summed E-state index contributed by atoms with van der Waals surface area (Å²) < 4.78 is 11.4. The Hall–Kier alpha value is -4.38. The van der Waals surface area contributed by atoms with Crippen molar-refractivity contribution in [1.82, 2.24) is 0 Å². The van der Waals surface area contributed by atoms with Crippen LogP contribution in [-0.4, -0.2) is 17.6 Å². The maximum absolute atomic E-state index is 12.8. The Kier molecular flexibility index (Phi) is 5.73. The van der Waals surface area contributed by atoms with E-state index in [0.717, 1.165) is 23.1 Å². The zero-order valence-corrected chi connectivity index (χ0v) is 17.5. The summed E-state index contributed by atoms with van der Waals surface area (Å²) in [7, 11) is 0. The fourth-order valence-corrected chi connectivity index (χ4v) is 3.69. The number of rotatable bonds is 4. The van der Waals surface area contributed by atoms with Crippen molar-refractivity contribution in [3.63, 3.8) is 0 Å². The first kappa shape index (κ1) is 20.9. The van der Waals surface area contributed by atoms with Gasteiger partial charge >= 0.3 is 5.97 Å². The van der Waals surface area contributed by atoms with E-state index >= 15 is 0 Å². The van der Waals surface area contributed by atoms with Crippen LogP contribution in [0.3, 0.4) is 0 Å². The summed E-state index contributed by atoms with van der Waals surface area (Å²) in [5, 5.41) is 16.8. The van der Waals surface area contributed by atoms with Crippen LogP contribution >= 0.6 is 0 Å². The number of hydrogen-bond acceptors (Lipinski definition) is 6. The van der Waals surface area contributed by atoms with Gasteiger partial charge in [0.15, 0.2) is 0 Å². The van der Waals surface area contributed by atoms with Gasteiger partial charge in [-0.1, -0.05) is 24.3 Å². The molecule has 0 bridgehead atoms. The van der Waals surface area contributed by atoms with Gasteiger partial charge in [-0.25, -0.2) is 4.79 Å². The second kappa shape index (κ2) is 8.78. The van der Waals surface area contributed by atoms with Crippen molar-refractivity contribution >= 4 is 17.6 Å². The molecule has 0 aliphatic heterocycles. The van der Waals surface area contributed by atoms with Crippen LogP contribution in [0.25, 0.3) is 11.1 Å². The summed E-state index contributed by atoms with van der Waals surface area (Å²) in [5.74, 6) is 0.515. The van der Waals surface area contributed by atoms with Crippen LogP contribution < -0.4 is 16.2 Å². The maximum Gasteiger partial charge on any atom is 0.379 e. The lowest BCUT2D eigenvalue weighted by Crippen LogP contribution is -2.22. The number of fused-ring (bicyclic) bond motifs is 1. The van der Waals surface area contributed by atoms with Crippen LogP contribution in [0.5, 0.6) is 5.75 Å². The average molecular weight is 427 g/mol. The van der Waals surface area contributed by atoms with E-state index in [0.29, 0.717) is 41.2 Å². The molecule has 1 aliphatic rings. The van der Waals surface area contributed by atoms with Crippen LogP contribution in [0.4, 0.5) is 0 Å². The van der Waals surface area contributed by atoms with Crippen molar-refractivity contribution in [1.29, 1.82) is 5.26 Å². The number of nitrogens with two attached hydrogens (primary N) is 2. The minimum absolute atomic E-state index is 0.130. The van der Waals surface area contributed by atoms with Crippen LogP contribution in [0.15, 0.2) is 63.2 Å². The van der Waals surface area contributed by atoms with Crippen molar-refractivity contribution in [2.24, 2.45) is 21.7 Å². The molecular weight excluding hydrogens is 406 g/mol. The molecule has 0 unspecified atom stereocenters. The van der Waals surface area contributed by atoms with Gasteiger partial charge < -0.3 is 20.6 Å². The van der Waals surface area contributed by atoms with Gasteiger partial charge in [0.2, 0.25) is 11.7 Å². The van der Waals surface area contributed by atoms with Gasteiger partial charge in [0, 0.05) is 17.5 Å². The van der Waals surface area contributed by atoms with Gasteiger partial charge in [-0.05, 0) is 55.2 Å². The summed E-state index contributed by atoms with van der Waals surface area (Å²) in [6.45, 7) is 1.79. The fraction of sp³-hybridized carbons (Fsp3) is 0.167. The third-order valence-corrected chi connectivity index (χ3v) is 5.21. The number of benzene rings is 2. The minimum atomic E-state index is -0.579. The monoisotopic (exact) mass is 427 g/mol. The van der Waals surface area contributed by atoms with E-state index < -0.39 is 5.97 Å². The molecule has 0 saturated carbocycles. The van der Waals surface area contributed by atoms with Crippen molar-refractivity contribution in [3.05, 3.63) is 76.7 Å². The molecule has 1 aliphatic carbocycles. The molecule has 8 heteroatoms. The van der Waals surface area contributed by atoms with Gasteiger partial charge in [0.05, 0.1) is 17.3 Å². The molecule has 4 rings (SSSR count). The molecule has 0 radical (unpaired) electrons. The third-order valence-electron chi connectivity index (χ3n) is 5.21.